The molecule has 3 heteroatoms. The van der Waals surface area contributed by atoms with Gasteiger partial charge in [0.2, 0.25) is 6.79 Å². The molecule has 0 saturated carbocycles. The van der Waals surface area contributed by atoms with Gasteiger partial charge in [0.25, 0.3) is 0 Å². The molecular weight excluding hydrogens is 168 g/mol. The molecule has 0 aromatic heterocycles. The zero-order chi connectivity index (χ0) is 9.10. The zero-order valence-electron chi connectivity index (χ0n) is 6.95. The van der Waals surface area contributed by atoms with Crippen LogP contribution in [0, 0.1) is 0 Å². The largest absolute Gasteiger partial charge is 0.457 e. The first-order valence-electron chi connectivity index (χ1n) is 3.81. The summed E-state index contributed by atoms with van der Waals surface area (Å²) in [5.41, 5.74) is 2.51. The minimum atomic E-state index is 0.274. The highest BCUT2D eigenvalue weighted by Gasteiger charge is 2.13. The summed E-state index contributed by atoms with van der Waals surface area (Å²) in [4.78, 5) is 0. The second kappa shape index (κ2) is 3.25. The molecule has 0 aliphatic carbocycles. The second-order valence-electron chi connectivity index (χ2n) is 2.45. The van der Waals surface area contributed by atoms with Gasteiger partial charge in [-0.25, -0.2) is 0 Å². The van der Waals surface area contributed by atoms with Crippen molar-refractivity contribution in [2.24, 2.45) is 0 Å². The summed E-state index contributed by atoms with van der Waals surface area (Å²) >= 11 is 0. The van der Waals surface area contributed by atoms with Gasteiger partial charge in [-0.1, -0.05) is 12.3 Å². The van der Waals surface area contributed by atoms with Gasteiger partial charge in [0.05, 0.1) is 0 Å². The summed E-state index contributed by atoms with van der Waals surface area (Å²) in [6, 6.07) is 5.35. The van der Waals surface area contributed by atoms with Crippen LogP contribution in [-0.2, 0) is 0 Å². The SMILES string of the molecule is C=C=COc1ccc2c(c1)OCO2. The molecule has 0 spiro atoms. The van der Waals surface area contributed by atoms with Crippen LogP contribution in [0.4, 0.5) is 0 Å². The number of ether oxygens (including phenoxy) is 3. The van der Waals surface area contributed by atoms with Crippen LogP contribution in [0.15, 0.2) is 36.8 Å². The Bertz CT molecular complexity index is 364. The summed E-state index contributed by atoms with van der Waals surface area (Å²) in [5.74, 6) is 2.13. The highest BCUT2D eigenvalue weighted by atomic mass is 16.7. The molecule has 1 aliphatic rings. The van der Waals surface area contributed by atoms with Crippen molar-refractivity contribution in [3.8, 4) is 17.2 Å². The van der Waals surface area contributed by atoms with Crippen molar-refractivity contribution in [2.75, 3.05) is 6.79 Å². The molecule has 1 aromatic rings. The standard InChI is InChI=1S/C10H8O3/c1-2-5-11-8-3-4-9-10(6-8)13-7-12-9/h3-6H,1,7H2. The van der Waals surface area contributed by atoms with Crippen molar-refractivity contribution in [1.29, 1.82) is 0 Å². The van der Waals surface area contributed by atoms with Crippen LogP contribution in [0.5, 0.6) is 17.2 Å². The van der Waals surface area contributed by atoms with E-state index in [0.29, 0.717) is 11.5 Å². The lowest BCUT2D eigenvalue weighted by Gasteiger charge is -1.99. The molecule has 0 fully saturated rings. The molecule has 0 saturated heterocycles. The Morgan fingerprint density at radius 3 is 3.08 bits per heavy atom. The number of hydrogen-bond acceptors (Lipinski definition) is 3. The average molecular weight is 176 g/mol. The van der Waals surface area contributed by atoms with E-state index in [1.165, 1.54) is 6.26 Å². The molecule has 0 N–H and O–H groups in total. The zero-order valence-corrected chi connectivity index (χ0v) is 6.95. The molecule has 66 valence electrons. The minimum absolute atomic E-state index is 0.274. The summed E-state index contributed by atoms with van der Waals surface area (Å²) in [6.45, 7) is 3.66. The Kier molecular flexibility index (Phi) is 1.94. The molecule has 1 aliphatic heterocycles. The number of fused-ring (bicyclic) bond motifs is 1. The van der Waals surface area contributed by atoms with Crippen molar-refractivity contribution in [3.05, 3.63) is 36.8 Å². The van der Waals surface area contributed by atoms with E-state index < -0.39 is 0 Å². The molecule has 0 bridgehead atoms. The van der Waals surface area contributed by atoms with Crippen molar-refractivity contribution in [2.45, 2.75) is 0 Å². The van der Waals surface area contributed by atoms with Gasteiger partial charge in [0.1, 0.15) is 12.0 Å². The number of benzene rings is 1. The van der Waals surface area contributed by atoms with Gasteiger partial charge in [0, 0.05) is 6.07 Å². The van der Waals surface area contributed by atoms with Crippen molar-refractivity contribution < 1.29 is 14.2 Å². The summed E-state index contributed by atoms with van der Waals surface area (Å²) in [7, 11) is 0. The van der Waals surface area contributed by atoms with Crippen LogP contribution in [0.2, 0.25) is 0 Å². The fraction of sp³-hybridized carbons (Fsp3) is 0.100. The molecule has 3 nitrogen and oxygen atoms in total. The van der Waals surface area contributed by atoms with Crippen LogP contribution >= 0.6 is 0 Å². The van der Waals surface area contributed by atoms with E-state index in [-0.39, 0.29) is 6.79 Å². The first kappa shape index (κ1) is 7.77. The fourth-order valence-corrected chi connectivity index (χ4v) is 1.06. The van der Waals surface area contributed by atoms with E-state index in [2.05, 4.69) is 12.3 Å². The van der Waals surface area contributed by atoms with Crippen LogP contribution in [-0.4, -0.2) is 6.79 Å². The normalized spacial score (nSPS) is 12.0. The third-order valence-electron chi connectivity index (χ3n) is 1.62. The molecule has 1 aromatic carbocycles. The fourth-order valence-electron chi connectivity index (χ4n) is 1.06. The van der Waals surface area contributed by atoms with E-state index in [9.17, 15) is 0 Å². The monoisotopic (exact) mass is 176 g/mol. The van der Waals surface area contributed by atoms with Crippen molar-refractivity contribution in [3.63, 3.8) is 0 Å². The van der Waals surface area contributed by atoms with E-state index in [1.54, 1.807) is 18.2 Å². The summed E-state index contributed by atoms with van der Waals surface area (Å²) < 4.78 is 15.5. The lowest BCUT2D eigenvalue weighted by molar-refractivity contribution is 0.174. The Labute approximate surface area is 75.8 Å². The van der Waals surface area contributed by atoms with Gasteiger partial charge in [0.15, 0.2) is 11.5 Å². The minimum Gasteiger partial charge on any atom is -0.457 e. The molecule has 1 heterocycles. The maximum absolute atomic E-state index is 5.17. The third kappa shape index (κ3) is 1.50. The average Bonchev–Trinajstić information content (AvgIpc) is 2.61. The van der Waals surface area contributed by atoms with Crippen LogP contribution in [0.3, 0.4) is 0 Å². The molecule has 0 atom stereocenters. The van der Waals surface area contributed by atoms with E-state index >= 15 is 0 Å². The number of hydrogen-bond donors (Lipinski definition) is 0. The van der Waals surface area contributed by atoms with E-state index in [0.717, 1.165) is 5.75 Å². The van der Waals surface area contributed by atoms with Gasteiger partial charge in [-0.3, -0.25) is 0 Å². The van der Waals surface area contributed by atoms with Crippen LogP contribution < -0.4 is 14.2 Å². The molecule has 0 amide bonds. The van der Waals surface area contributed by atoms with Gasteiger partial charge in [-0.15, -0.1) is 0 Å². The summed E-state index contributed by atoms with van der Waals surface area (Å²) in [5, 5.41) is 0. The van der Waals surface area contributed by atoms with Crippen LogP contribution in [0.25, 0.3) is 0 Å². The lowest BCUT2D eigenvalue weighted by Crippen LogP contribution is -1.92. The quantitative estimate of drug-likeness (QED) is 0.510. The Morgan fingerprint density at radius 1 is 1.38 bits per heavy atom. The van der Waals surface area contributed by atoms with Crippen LogP contribution in [0.1, 0.15) is 0 Å². The first-order chi connectivity index (χ1) is 6.40. The van der Waals surface area contributed by atoms with Gasteiger partial charge in [-0.2, -0.15) is 0 Å². The summed E-state index contributed by atoms with van der Waals surface area (Å²) in [6.07, 6.45) is 1.39. The molecule has 13 heavy (non-hydrogen) atoms. The predicted molar refractivity (Wildman–Crippen MR) is 46.9 cm³/mol. The van der Waals surface area contributed by atoms with E-state index in [1.807, 2.05) is 0 Å². The van der Waals surface area contributed by atoms with E-state index in [4.69, 9.17) is 14.2 Å². The Balaban J connectivity index is 2.25. The smallest absolute Gasteiger partial charge is 0.231 e. The Morgan fingerprint density at radius 2 is 2.23 bits per heavy atom. The first-order valence-corrected chi connectivity index (χ1v) is 3.81. The highest BCUT2D eigenvalue weighted by molar-refractivity contribution is 5.46. The maximum atomic E-state index is 5.17. The third-order valence-corrected chi connectivity index (χ3v) is 1.62. The Hall–Kier alpha value is -1.86. The van der Waals surface area contributed by atoms with Crippen molar-refractivity contribution >= 4 is 0 Å². The van der Waals surface area contributed by atoms with Crippen molar-refractivity contribution in [1.82, 2.24) is 0 Å². The maximum Gasteiger partial charge on any atom is 0.231 e. The van der Waals surface area contributed by atoms with Gasteiger partial charge >= 0.3 is 0 Å². The second-order valence-corrected chi connectivity index (χ2v) is 2.45. The topological polar surface area (TPSA) is 27.7 Å². The molecule has 0 unspecified atom stereocenters. The molecular formula is C10H8O3. The highest BCUT2D eigenvalue weighted by Crippen LogP contribution is 2.34. The molecule has 0 radical (unpaired) electrons. The lowest BCUT2D eigenvalue weighted by atomic mass is 10.3. The number of rotatable bonds is 2. The van der Waals surface area contributed by atoms with Gasteiger partial charge in [-0.05, 0) is 12.1 Å². The molecule has 2 rings (SSSR count). The predicted octanol–water partition coefficient (Wildman–Crippen LogP) is 2.09. The van der Waals surface area contributed by atoms with Gasteiger partial charge < -0.3 is 14.2 Å².